The van der Waals surface area contributed by atoms with E-state index in [0.29, 0.717) is 25.3 Å². The van der Waals surface area contributed by atoms with E-state index in [9.17, 15) is 13.5 Å². The Morgan fingerprint density at radius 3 is 2.78 bits per heavy atom. The molecule has 0 spiro atoms. The van der Waals surface area contributed by atoms with E-state index in [4.69, 9.17) is 0 Å². The van der Waals surface area contributed by atoms with Crippen LogP contribution in [-0.4, -0.2) is 60.1 Å². The van der Waals surface area contributed by atoms with Crippen LogP contribution in [-0.2, 0) is 16.4 Å². The van der Waals surface area contributed by atoms with Crippen molar-refractivity contribution in [2.45, 2.75) is 30.5 Å². The van der Waals surface area contributed by atoms with E-state index in [-0.39, 0.29) is 5.03 Å². The minimum Gasteiger partial charge on any atom is -0.390 e. The third-order valence-corrected chi connectivity index (χ3v) is 5.01. The fraction of sp³-hybridized carbons (Fsp3) is 0.700. The van der Waals surface area contributed by atoms with Crippen LogP contribution in [0.2, 0.25) is 0 Å². The van der Waals surface area contributed by atoms with E-state index in [1.807, 2.05) is 6.92 Å². The molecule has 3 N–H and O–H groups in total. The van der Waals surface area contributed by atoms with Gasteiger partial charge in [-0.1, -0.05) is 6.92 Å². The molecule has 2 atom stereocenters. The molecule has 1 saturated heterocycles. The summed E-state index contributed by atoms with van der Waals surface area (Å²) in [5.74, 6) is 0.632. The summed E-state index contributed by atoms with van der Waals surface area (Å²) in [5.41, 5.74) is 0. The van der Waals surface area contributed by atoms with Crippen LogP contribution in [0, 0.1) is 0 Å². The fourth-order valence-corrected chi connectivity index (χ4v) is 3.32. The summed E-state index contributed by atoms with van der Waals surface area (Å²) in [7, 11) is -2.15. The number of nitrogens with zero attached hydrogens (tertiary/aromatic N) is 2. The van der Waals surface area contributed by atoms with Gasteiger partial charge in [0.25, 0.3) is 10.0 Å². The van der Waals surface area contributed by atoms with E-state index < -0.39 is 22.2 Å². The number of hydrogen-bond donors (Lipinski definition) is 3. The van der Waals surface area contributed by atoms with E-state index in [1.54, 1.807) is 0 Å². The zero-order valence-electron chi connectivity index (χ0n) is 10.4. The first kappa shape index (κ1) is 13.5. The summed E-state index contributed by atoms with van der Waals surface area (Å²) in [5, 5.41) is 12.8. The number of likely N-dealkylation sites (N-methyl/N-ethyl adjacent to an activating group) is 1. The minimum atomic E-state index is -3.63. The Morgan fingerprint density at radius 1 is 1.56 bits per heavy atom. The van der Waals surface area contributed by atoms with Gasteiger partial charge in [-0.25, -0.2) is 13.4 Å². The maximum absolute atomic E-state index is 12.3. The van der Waals surface area contributed by atoms with Crippen molar-refractivity contribution in [3.05, 3.63) is 12.0 Å². The van der Waals surface area contributed by atoms with Crippen molar-refractivity contribution >= 4 is 10.0 Å². The number of β-amino-alcohol motifs (C(OH)–C–C–N with tert-alkyl or cyclic N) is 1. The maximum atomic E-state index is 12.3. The number of nitrogens with one attached hydrogen (secondary N) is 2. The molecule has 0 amide bonds. The van der Waals surface area contributed by atoms with Gasteiger partial charge in [0.2, 0.25) is 0 Å². The molecule has 7 nitrogen and oxygen atoms in total. The Morgan fingerprint density at radius 2 is 2.28 bits per heavy atom. The Labute approximate surface area is 106 Å². The van der Waals surface area contributed by atoms with Crippen LogP contribution >= 0.6 is 0 Å². The van der Waals surface area contributed by atoms with E-state index in [1.165, 1.54) is 17.5 Å². The molecule has 1 aromatic rings. The molecule has 8 heteroatoms. The Balaban J connectivity index is 2.24. The van der Waals surface area contributed by atoms with Crippen LogP contribution in [0.5, 0.6) is 0 Å². The van der Waals surface area contributed by atoms with Crippen LogP contribution in [0.4, 0.5) is 0 Å². The summed E-state index contributed by atoms with van der Waals surface area (Å²) in [4.78, 5) is 6.77. The third kappa shape index (κ3) is 2.28. The van der Waals surface area contributed by atoms with E-state index in [0.717, 1.165) is 0 Å². The molecule has 0 radical (unpaired) electrons. The monoisotopic (exact) mass is 274 g/mol. The molecule has 0 aromatic carbocycles. The quantitative estimate of drug-likeness (QED) is 0.649. The molecule has 1 aromatic heterocycles. The molecule has 2 heterocycles. The van der Waals surface area contributed by atoms with E-state index in [2.05, 4.69) is 15.3 Å². The van der Waals surface area contributed by atoms with Gasteiger partial charge in [0.1, 0.15) is 5.82 Å². The van der Waals surface area contributed by atoms with Crippen molar-refractivity contribution in [1.82, 2.24) is 19.6 Å². The fourth-order valence-electron chi connectivity index (χ4n) is 2.01. The van der Waals surface area contributed by atoms with E-state index >= 15 is 0 Å². The first-order valence-corrected chi connectivity index (χ1v) is 7.31. The number of aliphatic hydroxyl groups excluding tert-OH is 1. The van der Waals surface area contributed by atoms with Crippen molar-refractivity contribution in [2.24, 2.45) is 0 Å². The molecule has 18 heavy (non-hydrogen) atoms. The smallest absolute Gasteiger partial charge is 0.260 e. The normalized spacial score (nSPS) is 24.9. The molecular weight excluding hydrogens is 256 g/mol. The number of rotatable bonds is 4. The summed E-state index contributed by atoms with van der Waals surface area (Å²) < 4.78 is 25.8. The molecule has 0 bridgehead atoms. The first-order chi connectivity index (χ1) is 8.46. The lowest BCUT2D eigenvalue weighted by Crippen LogP contribution is -2.44. The van der Waals surface area contributed by atoms with Gasteiger partial charge in [-0.2, -0.15) is 4.31 Å². The molecule has 0 saturated carbocycles. The number of aliphatic hydroxyl groups is 1. The Bertz CT molecular complexity index is 513. The lowest BCUT2D eigenvalue weighted by atomic mass is 10.2. The van der Waals surface area contributed by atoms with Crippen molar-refractivity contribution < 1.29 is 13.5 Å². The van der Waals surface area contributed by atoms with Gasteiger partial charge in [-0.15, -0.1) is 0 Å². The van der Waals surface area contributed by atoms with Crippen molar-refractivity contribution in [3.8, 4) is 0 Å². The zero-order chi connectivity index (χ0) is 13.3. The standard InChI is InChI=1S/C10H18N4O3S/c1-3-9-12-6-10(13-9)18(16,17)14(2)7-4-11-5-8(7)15/h6-8,11,15H,3-5H2,1-2H3,(H,12,13)/t7-,8-/m1/s1. The second kappa shape index (κ2) is 4.96. The second-order valence-electron chi connectivity index (χ2n) is 4.36. The van der Waals surface area contributed by atoms with Crippen LogP contribution < -0.4 is 5.32 Å². The number of imidazole rings is 1. The summed E-state index contributed by atoms with van der Waals surface area (Å²) in [6.45, 7) is 2.75. The summed E-state index contributed by atoms with van der Waals surface area (Å²) >= 11 is 0. The van der Waals surface area contributed by atoms with Crippen molar-refractivity contribution in [3.63, 3.8) is 0 Å². The van der Waals surface area contributed by atoms with Gasteiger partial charge in [0.15, 0.2) is 5.03 Å². The topological polar surface area (TPSA) is 98.3 Å². The highest BCUT2D eigenvalue weighted by Crippen LogP contribution is 2.18. The molecule has 1 fully saturated rings. The lowest BCUT2D eigenvalue weighted by Gasteiger charge is -2.24. The first-order valence-electron chi connectivity index (χ1n) is 5.87. The molecule has 2 rings (SSSR count). The van der Waals surface area contributed by atoms with Crippen molar-refractivity contribution in [2.75, 3.05) is 20.1 Å². The molecule has 0 unspecified atom stereocenters. The number of aromatic nitrogens is 2. The predicted octanol–water partition coefficient (Wildman–Crippen LogP) is -1.07. The van der Waals surface area contributed by atoms with Gasteiger partial charge >= 0.3 is 0 Å². The molecular formula is C10H18N4O3S. The van der Waals surface area contributed by atoms with Gasteiger partial charge in [0.05, 0.1) is 18.3 Å². The average Bonchev–Trinajstić information content (AvgIpc) is 2.96. The summed E-state index contributed by atoms with van der Waals surface area (Å²) in [6, 6.07) is -0.441. The highest BCUT2D eigenvalue weighted by atomic mass is 32.2. The average molecular weight is 274 g/mol. The van der Waals surface area contributed by atoms with Crippen LogP contribution in [0.3, 0.4) is 0 Å². The number of H-pyrrole nitrogens is 1. The lowest BCUT2D eigenvalue weighted by molar-refractivity contribution is 0.136. The summed E-state index contributed by atoms with van der Waals surface area (Å²) in [6.07, 6.45) is 1.28. The molecule has 1 aliphatic rings. The molecule has 102 valence electrons. The van der Waals surface area contributed by atoms with Gasteiger partial charge in [0, 0.05) is 26.6 Å². The van der Waals surface area contributed by atoms with Gasteiger partial charge in [-0.3, -0.25) is 0 Å². The SMILES string of the molecule is CCc1ncc(S(=O)(=O)N(C)[C@@H]2CNC[C@H]2O)[nH]1. The zero-order valence-corrected chi connectivity index (χ0v) is 11.2. The predicted molar refractivity (Wildman–Crippen MR) is 65.6 cm³/mol. The number of aromatic amines is 1. The van der Waals surface area contributed by atoms with Gasteiger partial charge in [-0.05, 0) is 0 Å². The number of hydrogen-bond acceptors (Lipinski definition) is 5. The van der Waals surface area contributed by atoms with Crippen molar-refractivity contribution in [1.29, 1.82) is 0 Å². The second-order valence-corrected chi connectivity index (χ2v) is 6.33. The molecule has 0 aliphatic carbocycles. The Hall–Kier alpha value is -0.960. The number of sulfonamides is 1. The minimum absolute atomic E-state index is 0.0703. The maximum Gasteiger partial charge on any atom is 0.260 e. The van der Waals surface area contributed by atoms with Crippen LogP contribution in [0.25, 0.3) is 0 Å². The van der Waals surface area contributed by atoms with Crippen LogP contribution in [0.1, 0.15) is 12.7 Å². The third-order valence-electron chi connectivity index (χ3n) is 3.22. The highest BCUT2D eigenvalue weighted by Gasteiger charge is 2.36. The largest absolute Gasteiger partial charge is 0.390 e. The Kier molecular flexibility index (Phi) is 3.71. The van der Waals surface area contributed by atoms with Gasteiger partial charge < -0.3 is 15.4 Å². The number of aryl methyl sites for hydroxylation is 1. The highest BCUT2D eigenvalue weighted by molar-refractivity contribution is 7.89. The van der Waals surface area contributed by atoms with Crippen LogP contribution in [0.15, 0.2) is 11.2 Å². The molecule has 1 aliphatic heterocycles.